The third-order valence-corrected chi connectivity index (χ3v) is 5.91. The molecule has 3 aromatic rings. The van der Waals surface area contributed by atoms with Crippen LogP contribution in [0.4, 0.5) is 10.1 Å². The minimum Gasteiger partial charge on any atom is -0.465 e. The number of nitrogens with zero attached hydrogens (tertiary/aromatic N) is 2. The number of ether oxygens (including phenoxy) is 1. The molecule has 1 aliphatic rings. The van der Waals surface area contributed by atoms with Gasteiger partial charge in [0.15, 0.2) is 5.76 Å². The van der Waals surface area contributed by atoms with Gasteiger partial charge in [0.25, 0.3) is 11.8 Å². The van der Waals surface area contributed by atoms with Crippen LogP contribution in [0.25, 0.3) is 0 Å². The van der Waals surface area contributed by atoms with E-state index in [-0.39, 0.29) is 16.9 Å². The van der Waals surface area contributed by atoms with Gasteiger partial charge in [0.1, 0.15) is 11.6 Å². The van der Waals surface area contributed by atoms with Crippen LogP contribution in [0.5, 0.6) is 0 Å². The van der Waals surface area contributed by atoms with Gasteiger partial charge in [-0.2, -0.15) is 5.10 Å². The summed E-state index contributed by atoms with van der Waals surface area (Å²) < 4.78 is 24.7. The highest BCUT2D eigenvalue weighted by atomic mass is 19.1. The Morgan fingerprint density at radius 1 is 1.06 bits per heavy atom. The van der Waals surface area contributed by atoms with Gasteiger partial charge >= 0.3 is 5.97 Å². The molecule has 0 spiro atoms. The quantitative estimate of drug-likeness (QED) is 0.437. The van der Waals surface area contributed by atoms with Crippen molar-refractivity contribution in [2.75, 3.05) is 19.1 Å². The van der Waals surface area contributed by atoms with Crippen molar-refractivity contribution >= 4 is 29.2 Å². The van der Waals surface area contributed by atoms with Crippen molar-refractivity contribution in [3.8, 4) is 0 Å². The van der Waals surface area contributed by atoms with Crippen molar-refractivity contribution in [3.63, 3.8) is 0 Å². The van der Waals surface area contributed by atoms with E-state index in [9.17, 15) is 18.8 Å². The largest absolute Gasteiger partial charge is 0.465 e. The highest BCUT2D eigenvalue weighted by Crippen LogP contribution is 2.32. The van der Waals surface area contributed by atoms with Crippen LogP contribution < -0.4 is 10.3 Å². The van der Waals surface area contributed by atoms with Gasteiger partial charge in [0.2, 0.25) is 0 Å². The standard InChI is InChI=1S/C26H24FN3O5/c1-15-22-19(28-29-24(31)16-9-4-6-11-18(16)27)12-8-14-21(22)35-23(15)25(32)30(2)20-13-7-5-10-17(20)26(33)34-3/h4-7,9-11,13H,8,12,14H2,1-3H3,(H,29,31)/b28-19+. The van der Waals surface area contributed by atoms with Gasteiger partial charge < -0.3 is 14.1 Å². The molecule has 0 saturated heterocycles. The summed E-state index contributed by atoms with van der Waals surface area (Å²) in [6.07, 6.45) is 1.87. The third kappa shape index (κ3) is 4.57. The first-order valence-electron chi connectivity index (χ1n) is 11.0. The highest BCUT2D eigenvalue weighted by Gasteiger charge is 2.31. The summed E-state index contributed by atoms with van der Waals surface area (Å²) in [6.45, 7) is 1.75. The van der Waals surface area contributed by atoms with Crippen LogP contribution in [0.1, 0.15) is 61.0 Å². The smallest absolute Gasteiger partial charge is 0.339 e. The number of esters is 1. The molecule has 0 unspecified atom stereocenters. The molecule has 1 aliphatic carbocycles. The van der Waals surface area contributed by atoms with Gasteiger partial charge in [-0.1, -0.05) is 24.3 Å². The molecule has 1 heterocycles. The fourth-order valence-corrected chi connectivity index (χ4v) is 4.12. The topological polar surface area (TPSA) is 101 Å². The van der Waals surface area contributed by atoms with E-state index in [1.807, 2.05) is 0 Å². The van der Waals surface area contributed by atoms with Gasteiger partial charge in [-0.15, -0.1) is 0 Å². The number of carbonyl (C=O) groups is 3. The maximum absolute atomic E-state index is 13.9. The molecule has 1 N–H and O–H groups in total. The number of halogens is 1. The predicted molar refractivity (Wildman–Crippen MR) is 127 cm³/mol. The number of furan rings is 1. The molecule has 9 heteroatoms. The van der Waals surface area contributed by atoms with Crippen molar-refractivity contribution in [1.82, 2.24) is 5.43 Å². The monoisotopic (exact) mass is 477 g/mol. The number of para-hydroxylation sites is 1. The van der Waals surface area contributed by atoms with E-state index < -0.39 is 23.6 Å². The van der Waals surface area contributed by atoms with Crippen molar-refractivity contribution in [1.29, 1.82) is 0 Å². The van der Waals surface area contributed by atoms with Gasteiger partial charge in [-0.05, 0) is 44.0 Å². The normalized spacial score (nSPS) is 13.8. The Hall–Kier alpha value is -4.27. The lowest BCUT2D eigenvalue weighted by molar-refractivity contribution is 0.0601. The molecular weight excluding hydrogens is 453 g/mol. The molecule has 0 fully saturated rings. The van der Waals surface area contributed by atoms with E-state index in [1.165, 1.54) is 30.2 Å². The SMILES string of the molecule is COC(=O)c1ccccc1N(C)C(=O)c1oc2c(c1C)/C(=N/NC(=O)c1ccccc1F)CCC2. The maximum atomic E-state index is 13.9. The molecule has 0 radical (unpaired) electrons. The molecule has 35 heavy (non-hydrogen) atoms. The summed E-state index contributed by atoms with van der Waals surface area (Å²) in [4.78, 5) is 39.3. The highest BCUT2D eigenvalue weighted by molar-refractivity contribution is 6.12. The lowest BCUT2D eigenvalue weighted by Crippen LogP contribution is -2.28. The Balaban J connectivity index is 1.63. The van der Waals surface area contributed by atoms with Crippen LogP contribution in [-0.2, 0) is 11.2 Å². The Morgan fingerprint density at radius 2 is 1.74 bits per heavy atom. The van der Waals surface area contributed by atoms with Gasteiger partial charge in [0.05, 0.1) is 29.6 Å². The molecule has 2 amide bonds. The zero-order valence-electron chi connectivity index (χ0n) is 19.6. The van der Waals surface area contributed by atoms with Crippen LogP contribution in [0, 0.1) is 12.7 Å². The predicted octanol–water partition coefficient (Wildman–Crippen LogP) is 4.26. The number of fused-ring (bicyclic) bond motifs is 1. The van der Waals surface area contributed by atoms with Crippen LogP contribution in [0.15, 0.2) is 58.0 Å². The van der Waals surface area contributed by atoms with Gasteiger partial charge in [-0.25, -0.2) is 14.6 Å². The summed E-state index contributed by atoms with van der Waals surface area (Å²) in [5, 5.41) is 4.23. The zero-order chi connectivity index (χ0) is 25.1. The minimum atomic E-state index is -0.667. The first-order chi connectivity index (χ1) is 16.8. The van der Waals surface area contributed by atoms with Crippen molar-refractivity contribution in [3.05, 3.63) is 88.1 Å². The van der Waals surface area contributed by atoms with E-state index in [1.54, 1.807) is 44.3 Å². The lowest BCUT2D eigenvalue weighted by atomic mass is 9.93. The fourth-order valence-electron chi connectivity index (χ4n) is 4.12. The number of carbonyl (C=O) groups excluding carboxylic acids is 3. The zero-order valence-corrected chi connectivity index (χ0v) is 19.6. The minimum absolute atomic E-state index is 0.112. The summed E-state index contributed by atoms with van der Waals surface area (Å²) in [5.74, 6) is -1.60. The number of benzene rings is 2. The number of hydrogen-bond donors (Lipinski definition) is 1. The number of rotatable bonds is 5. The molecule has 8 nitrogen and oxygen atoms in total. The average Bonchev–Trinajstić information content (AvgIpc) is 3.23. The average molecular weight is 477 g/mol. The Bertz CT molecular complexity index is 1340. The second-order valence-electron chi connectivity index (χ2n) is 8.06. The summed E-state index contributed by atoms with van der Waals surface area (Å²) in [5.41, 5.74) is 4.71. The second kappa shape index (κ2) is 9.92. The van der Waals surface area contributed by atoms with Crippen LogP contribution >= 0.6 is 0 Å². The molecule has 4 rings (SSSR count). The number of anilines is 1. The van der Waals surface area contributed by atoms with Crippen molar-refractivity contribution in [2.24, 2.45) is 5.10 Å². The Labute approximate surface area is 201 Å². The van der Waals surface area contributed by atoms with Crippen LogP contribution in [-0.4, -0.2) is 37.7 Å². The number of nitrogens with one attached hydrogen (secondary N) is 1. The van der Waals surface area contributed by atoms with E-state index in [4.69, 9.17) is 9.15 Å². The Kier molecular flexibility index (Phi) is 6.77. The van der Waals surface area contributed by atoms with Crippen molar-refractivity contribution in [2.45, 2.75) is 26.2 Å². The first-order valence-corrected chi connectivity index (χ1v) is 11.0. The molecule has 0 saturated carbocycles. The summed E-state index contributed by atoms with van der Waals surface area (Å²) in [6, 6.07) is 12.3. The molecule has 1 aromatic heterocycles. The molecule has 2 aromatic carbocycles. The van der Waals surface area contributed by atoms with E-state index in [0.29, 0.717) is 47.5 Å². The number of amides is 2. The number of hydrogen-bond acceptors (Lipinski definition) is 6. The number of methoxy groups -OCH3 is 1. The number of aryl methyl sites for hydroxylation is 1. The van der Waals surface area contributed by atoms with E-state index >= 15 is 0 Å². The number of hydrazone groups is 1. The van der Waals surface area contributed by atoms with Gasteiger partial charge in [0, 0.05) is 24.6 Å². The van der Waals surface area contributed by atoms with Crippen molar-refractivity contribution < 1.29 is 27.9 Å². The molecule has 180 valence electrons. The molecule has 0 atom stereocenters. The lowest BCUT2D eigenvalue weighted by Gasteiger charge is -2.19. The third-order valence-electron chi connectivity index (χ3n) is 5.91. The maximum Gasteiger partial charge on any atom is 0.339 e. The van der Waals surface area contributed by atoms with E-state index in [0.717, 1.165) is 0 Å². The molecule has 0 aliphatic heterocycles. The Morgan fingerprint density at radius 3 is 2.46 bits per heavy atom. The van der Waals surface area contributed by atoms with Crippen LogP contribution in [0.3, 0.4) is 0 Å². The van der Waals surface area contributed by atoms with E-state index in [2.05, 4.69) is 10.5 Å². The second-order valence-corrected chi connectivity index (χ2v) is 8.06. The first kappa shape index (κ1) is 23.9. The molecular formula is C26H24FN3O5. The fraction of sp³-hybridized carbons (Fsp3) is 0.231. The summed E-state index contributed by atoms with van der Waals surface area (Å²) >= 11 is 0. The molecule has 0 bridgehead atoms. The summed E-state index contributed by atoms with van der Waals surface area (Å²) in [7, 11) is 2.83. The van der Waals surface area contributed by atoms with Crippen LogP contribution in [0.2, 0.25) is 0 Å². The van der Waals surface area contributed by atoms with Gasteiger partial charge in [-0.3, -0.25) is 9.59 Å².